The third-order valence-corrected chi connectivity index (χ3v) is 6.32. The first kappa shape index (κ1) is 22.7. The van der Waals surface area contributed by atoms with Gasteiger partial charge in [-0.05, 0) is 37.5 Å². The molecule has 0 bridgehead atoms. The quantitative estimate of drug-likeness (QED) is 0.647. The van der Waals surface area contributed by atoms with E-state index in [1.54, 1.807) is 19.1 Å². The van der Waals surface area contributed by atoms with Gasteiger partial charge in [0, 0.05) is 56.6 Å². The Kier molecular flexibility index (Phi) is 6.53. The van der Waals surface area contributed by atoms with Gasteiger partial charge < -0.3 is 23.7 Å². The summed E-state index contributed by atoms with van der Waals surface area (Å²) in [6.45, 7) is 3.49. The SMILES string of the molecule is COC[C@@H](COc1cc(=O)c(C)c2n1CCc1cc(N3CCCC(F)(F)C3)ccc1-2)OC. The molecule has 0 amide bonds. The number of ether oxygens (including phenoxy) is 3. The van der Waals surface area contributed by atoms with Gasteiger partial charge in [-0.2, -0.15) is 0 Å². The van der Waals surface area contributed by atoms with Gasteiger partial charge in [0.15, 0.2) is 11.3 Å². The molecule has 1 aromatic heterocycles. The van der Waals surface area contributed by atoms with E-state index in [4.69, 9.17) is 14.2 Å². The van der Waals surface area contributed by atoms with Crippen LogP contribution in [0.4, 0.5) is 14.5 Å². The second-order valence-electron chi connectivity index (χ2n) is 8.57. The Morgan fingerprint density at radius 3 is 2.69 bits per heavy atom. The lowest BCUT2D eigenvalue weighted by molar-refractivity contribution is -0.0116. The van der Waals surface area contributed by atoms with Gasteiger partial charge in [-0.15, -0.1) is 0 Å². The van der Waals surface area contributed by atoms with Gasteiger partial charge in [-0.25, -0.2) is 8.78 Å². The van der Waals surface area contributed by atoms with Crippen LogP contribution in [-0.4, -0.2) is 57.1 Å². The summed E-state index contributed by atoms with van der Waals surface area (Å²) in [5.74, 6) is -2.15. The van der Waals surface area contributed by atoms with Gasteiger partial charge in [0.25, 0.3) is 5.92 Å². The fourth-order valence-corrected chi connectivity index (χ4v) is 4.60. The van der Waals surface area contributed by atoms with E-state index in [-0.39, 0.29) is 31.1 Å². The molecule has 174 valence electrons. The Balaban J connectivity index is 1.66. The lowest BCUT2D eigenvalue weighted by atomic mass is 9.93. The molecule has 6 nitrogen and oxygen atoms in total. The monoisotopic (exact) mass is 448 g/mol. The number of hydrogen-bond acceptors (Lipinski definition) is 5. The van der Waals surface area contributed by atoms with Crippen molar-refractivity contribution < 1.29 is 23.0 Å². The third kappa shape index (κ3) is 4.52. The van der Waals surface area contributed by atoms with Gasteiger partial charge in [0.2, 0.25) is 0 Å². The van der Waals surface area contributed by atoms with Crippen molar-refractivity contribution in [3.8, 4) is 17.1 Å². The van der Waals surface area contributed by atoms with Gasteiger partial charge in [-0.1, -0.05) is 6.07 Å². The fraction of sp³-hybridized carbons (Fsp3) is 0.542. The molecular weight excluding hydrogens is 418 g/mol. The van der Waals surface area contributed by atoms with Crippen molar-refractivity contribution in [1.29, 1.82) is 0 Å². The summed E-state index contributed by atoms with van der Waals surface area (Å²) in [5.41, 5.74) is 4.20. The average Bonchev–Trinajstić information content (AvgIpc) is 2.77. The van der Waals surface area contributed by atoms with Crippen LogP contribution in [0.15, 0.2) is 29.1 Å². The van der Waals surface area contributed by atoms with E-state index in [2.05, 4.69) is 0 Å². The number of anilines is 1. The molecule has 2 aliphatic heterocycles. The van der Waals surface area contributed by atoms with Gasteiger partial charge >= 0.3 is 0 Å². The summed E-state index contributed by atoms with van der Waals surface area (Å²) in [5, 5.41) is 0. The minimum Gasteiger partial charge on any atom is -0.476 e. The van der Waals surface area contributed by atoms with Crippen LogP contribution in [0.5, 0.6) is 5.88 Å². The number of nitrogens with zero attached hydrogens (tertiary/aromatic N) is 2. The summed E-state index contributed by atoms with van der Waals surface area (Å²) >= 11 is 0. The van der Waals surface area contributed by atoms with E-state index < -0.39 is 5.92 Å². The zero-order chi connectivity index (χ0) is 22.9. The number of pyridine rings is 1. The minimum atomic E-state index is -2.65. The summed E-state index contributed by atoms with van der Waals surface area (Å²) in [4.78, 5) is 14.5. The van der Waals surface area contributed by atoms with E-state index in [1.165, 1.54) is 6.07 Å². The number of fused-ring (bicyclic) bond motifs is 3. The lowest BCUT2D eigenvalue weighted by Gasteiger charge is -2.35. The molecular formula is C24H30F2N2O4. The maximum Gasteiger partial charge on any atom is 0.265 e. The zero-order valence-electron chi connectivity index (χ0n) is 18.8. The zero-order valence-corrected chi connectivity index (χ0v) is 18.8. The van der Waals surface area contributed by atoms with Gasteiger partial charge in [0.1, 0.15) is 12.7 Å². The first-order chi connectivity index (χ1) is 15.3. The average molecular weight is 449 g/mol. The summed E-state index contributed by atoms with van der Waals surface area (Å²) in [6, 6.07) is 7.35. The first-order valence-electron chi connectivity index (χ1n) is 11.0. The molecule has 0 N–H and O–H groups in total. The standard InChI is InChI=1S/C24H30F2N2O4/c1-16-21(29)12-22(32-14-19(31-3)13-30-2)28-10-7-17-11-18(5-6-20(17)23(16)28)27-9-4-8-24(25,26)15-27/h5-6,11-12,19H,4,7-10,13-15H2,1-3H3/t19-/m0/s1. The van der Waals surface area contributed by atoms with E-state index in [0.717, 1.165) is 28.9 Å². The van der Waals surface area contributed by atoms with Crippen LogP contribution < -0.4 is 15.1 Å². The molecule has 8 heteroatoms. The highest BCUT2D eigenvalue weighted by molar-refractivity contribution is 5.72. The van der Waals surface area contributed by atoms with Gasteiger partial charge in [0.05, 0.1) is 18.8 Å². The van der Waals surface area contributed by atoms with Crippen LogP contribution in [0, 0.1) is 6.92 Å². The second kappa shape index (κ2) is 9.19. The Morgan fingerprint density at radius 1 is 1.16 bits per heavy atom. The smallest absolute Gasteiger partial charge is 0.265 e. The molecule has 2 aromatic rings. The highest BCUT2D eigenvalue weighted by Crippen LogP contribution is 2.37. The van der Waals surface area contributed by atoms with Crippen molar-refractivity contribution >= 4 is 5.69 Å². The molecule has 0 aliphatic carbocycles. The Hall–Kier alpha value is -2.45. The Labute approximate surface area is 186 Å². The summed E-state index contributed by atoms with van der Waals surface area (Å²) < 4.78 is 46.3. The van der Waals surface area contributed by atoms with Crippen LogP contribution in [0.25, 0.3) is 11.3 Å². The maximum atomic E-state index is 13.9. The van der Waals surface area contributed by atoms with Crippen LogP contribution >= 0.6 is 0 Å². The Morgan fingerprint density at radius 2 is 1.97 bits per heavy atom. The topological polar surface area (TPSA) is 52.9 Å². The van der Waals surface area contributed by atoms with E-state index in [0.29, 0.717) is 37.6 Å². The molecule has 0 unspecified atom stereocenters. The van der Waals surface area contributed by atoms with E-state index in [1.807, 2.05) is 29.7 Å². The molecule has 0 saturated carbocycles. The predicted octanol–water partition coefficient (Wildman–Crippen LogP) is 3.66. The highest BCUT2D eigenvalue weighted by atomic mass is 19.3. The number of hydrogen-bond donors (Lipinski definition) is 0. The molecule has 2 aliphatic rings. The van der Waals surface area contributed by atoms with Crippen LogP contribution in [0.3, 0.4) is 0 Å². The first-order valence-corrected chi connectivity index (χ1v) is 11.0. The molecule has 1 fully saturated rings. The number of benzene rings is 1. The molecule has 1 aromatic carbocycles. The number of aromatic nitrogens is 1. The number of rotatable bonds is 7. The second-order valence-corrected chi connectivity index (χ2v) is 8.57. The largest absolute Gasteiger partial charge is 0.476 e. The lowest BCUT2D eigenvalue weighted by Crippen LogP contribution is -2.42. The number of alkyl halides is 2. The van der Waals surface area contributed by atoms with Crippen molar-refractivity contribution in [2.75, 3.05) is 45.4 Å². The normalized spacial score (nSPS) is 18.1. The molecule has 4 rings (SSSR count). The number of halogens is 2. The molecule has 3 heterocycles. The van der Waals surface area contributed by atoms with Crippen LogP contribution in [-0.2, 0) is 22.4 Å². The molecule has 1 atom stereocenters. The van der Waals surface area contributed by atoms with Crippen molar-refractivity contribution in [1.82, 2.24) is 4.57 Å². The summed E-state index contributed by atoms with van der Waals surface area (Å²) in [7, 11) is 3.19. The number of piperidine rings is 1. The minimum absolute atomic E-state index is 0.0545. The molecule has 32 heavy (non-hydrogen) atoms. The van der Waals surface area contributed by atoms with Crippen LogP contribution in [0.2, 0.25) is 0 Å². The van der Waals surface area contributed by atoms with Crippen molar-refractivity contribution in [3.63, 3.8) is 0 Å². The predicted molar refractivity (Wildman–Crippen MR) is 119 cm³/mol. The van der Waals surface area contributed by atoms with E-state index in [9.17, 15) is 13.6 Å². The molecule has 1 saturated heterocycles. The third-order valence-electron chi connectivity index (χ3n) is 6.32. The number of aryl methyl sites for hydroxylation is 1. The van der Waals surface area contributed by atoms with Crippen molar-refractivity contribution in [2.24, 2.45) is 0 Å². The van der Waals surface area contributed by atoms with Crippen LogP contribution in [0.1, 0.15) is 24.0 Å². The Bertz CT molecular complexity index is 1040. The highest BCUT2D eigenvalue weighted by Gasteiger charge is 2.35. The maximum absolute atomic E-state index is 13.9. The van der Waals surface area contributed by atoms with E-state index >= 15 is 0 Å². The molecule has 0 spiro atoms. The molecule has 0 radical (unpaired) electrons. The summed E-state index contributed by atoms with van der Waals surface area (Å²) in [6.07, 6.45) is 0.910. The van der Waals surface area contributed by atoms with Crippen molar-refractivity contribution in [2.45, 2.75) is 44.8 Å². The number of methoxy groups -OCH3 is 2. The van der Waals surface area contributed by atoms with Gasteiger partial charge in [-0.3, -0.25) is 4.79 Å². The van der Waals surface area contributed by atoms with Crippen molar-refractivity contribution in [3.05, 3.63) is 45.6 Å². The fourth-order valence-electron chi connectivity index (χ4n) is 4.60.